The molecule has 0 amide bonds. The number of nitrogens with zero attached hydrogens (tertiary/aromatic N) is 1. The highest BCUT2D eigenvalue weighted by Crippen LogP contribution is 2.23. The van der Waals surface area contributed by atoms with Crippen molar-refractivity contribution in [2.24, 2.45) is 5.41 Å². The minimum atomic E-state index is -1.34. The van der Waals surface area contributed by atoms with Crippen LogP contribution in [0.2, 0.25) is 0 Å². The van der Waals surface area contributed by atoms with E-state index in [1.165, 1.54) is 0 Å². The summed E-state index contributed by atoms with van der Waals surface area (Å²) in [5.74, 6) is 0. The van der Waals surface area contributed by atoms with Gasteiger partial charge in [-0.15, -0.1) is 0 Å². The molecule has 0 aliphatic heterocycles. The van der Waals surface area contributed by atoms with Gasteiger partial charge in [0.25, 0.3) is 0 Å². The minimum absolute atomic E-state index is 0.425. The topological polar surface area (TPSA) is 12.9 Å². The fourth-order valence-corrected chi connectivity index (χ4v) is 1.72. The van der Waals surface area contributed by atoms with Gasteiger partial charge in [0.2, 0.25) is 0 Å². The van der Waals surface area contributed by atoms with Crippen LogP contribution in [0.25, 0.3) is 11.1 Å². The quantitative estimate of drug-likeness (QED) is 0.743. The van der Waals surface area contributed by atoms with Gasteiger partial charge < -0.3 is 0 Å². The maximum atomic E-state index is 8.25. The molecule has 0 N–H and O–H groups in total. The summed E-state index contributed by atoms with van der Waals surface area (Å²) in [4.78, 5) is 4.00. The zero-order valence-electron chi connectivity index (χ0n) is 12.6. The highest BCUT2D eigenvalue weighted by molar-refractivity contribution is 5.62. The van der Waals surface area contributed by atoms with Crippen LogP contribution in [0.15, 0.2) is 48.8 Å². The van der Waals surface area contributed by atoms with Crippen molar-refractivity contribution in [2.45, 2.75) is 27.1 Å². The normalized spacial score (nSPS) is 14.1. The third-order valence-corrected chi connectivity index (χ3v) is 2.42. The van der Waals surface area contributed by atoms with E-state index in [1.807, 2.05) is 57.2 Å². The van der Waals surface area contributed by atoms with Crippen LogP contribution in [0.5, 0.6) is 0 Å². The molecule has 1 aromatic heterocycles. The van der Waals surface area contributed by atoms with Crippen LogP contribution >= 0.6 is 0 Å². The molecule has 1 aromatic carbocycles. The Hall–Kier alpha value is -1.63. The molecule has 0 saturated heterocycles. The molecule has 0 saturated carbocycles. The van der Waals surface area contributed by atoms with E-state index in [4.69, 9.17) is 2.74 Å². The maximum absolute atomic E-state index is 8.25. The van der Waals surface area contributed by atoms with Crippen LogP contribution in [0, 0.1) is 5.41 Å². The van der Waals surface area contributed by atoms with E-state index in [0.717, 1.165) is 16.7 Å². The number of aromatic nitrogens is 1. The van der Waals surface area contributed by atoms with Crippen LogP contribution in [0.1, 0.15) is 29.1 Å². The van der Waals surface area contributed by atoms with Gasteiger partial charge in [0, 0.05) is 15.1 Å². The number of rotatable bonds is 2. The summed E-state index contributed by atoms with van der Waals surface area (Å²) in [5, 5.41) is 0. The first-order valence-corrected chi connectivity index (χ1v) is 5.83. The zero-order valence-corrected chi connectivity index (χ0v) is 10.6. The summed E-state index contributed by atoms with van der Waals surface area (Å²) < 4.78 is 16.5. The Labute approximate surface area is 106 Å². The molecule has 0 unspecified atom stereocenters. The highest BCUT2D eigenvalue weighted by atomic mass is 14.6. The molecular formula is C16H19N. The number of hydrogen-bond donors (Lipinski definition) is 0. The van der Waals surface area contributed by atoms with Crippen molar-refractivity contribution < 1.29 is 2.74 Å². The van der Waals surface area contributed by atoms with Gasteiger partial charge in [-0.1, -0.05) is 45.0 Å². The molecule has 0 fully saturated rings. The Morgan fingerprint density at radius 2 is 1.47 bits per heavy atom. The molecule has 2 aromatic rings. The van der Waals surface area contributed by atoms with Gasteiger partial charge >= 0.3 is 0 Å². The Bertz CT molecular complexity index is 539. The molecule has 0 atom stereocenters. The molecule has 1 nitrogen and oxygen atoms in total. The minimum Gasteiger partial charge on any atom is -0.265 e. The Kier molecular flexibility index (Phi) is 2.60. The first-order chi connectivity index (χ1) is 8.82. The summed E-state index contributed by atoms with van der Waals surface area (Å²) in [6.45, 7) is 5.76. The Morgan fingerprint density at radius 3 is 2.00 bits per heavy atom. The molecule has 1 heteroatoms. The van der Waals surface area contributed by atoms with E-state index in [-0.39, 0.29) is 0 Å². The second kappa shape index (κ2) is 4.70. The van der Waals surface area contributed by atoms with Crippen molar-refractivity contribution in [3.8, 4) is 11.1 Å². The van der Waals surface area contributed by atoms with Crippen LogP contribution in [0.3, 0.4) is 0 Å². The first-order valence-electron chi connectivity index (χ1n) is 6.83. The van der Waals surface area contributed by atoms with Crippen LogP contribution in [-0.4, -0.2) is 4.98 Å². The largest absolute Gasteiger partial charge is 0.265 e. The van der Waals surface area contributed by atoms with E-state index in [2.05, 4.69) is 4.98 Å². The smallest absolute Gasteiger partial charge is 0.0321 e. The SMILES string of the molecule is [2H]C([2H])(c1ccc(-c2ccncc2)cc1)C(C)(C)C. The molecule has 2 rings (SSSR count). The predicted molar refractivity (Wildman–Crippen MR) is 72.8 cm³/mol. The number of hydrogen-bond acceptors (Lipinski definition) is 1. The van der Waals surface area contributed by atoms with Gasteiger partial charge in [0.05, 0.1) is 0 Å². The molecule has 0 radical (unpaired) electrons. The van der Waals surface area contributed by atoms with Gasteiger partial charge in [-0.2, -0.15) is 0 Å². The van der Waals surface area contributed by atoms with E-state index in [9.17, 15) is 0 Å². The van der Waals surface area contributed by atoms with Crippen molar-refractivity contribution in [1.82, 2.24) is 4.98 Å². The molecule has 0 aliphatic rings. The van der Waals surface area contributed by atoms with Gasteiger partial charge in [-0.05, 0) is 40.6 Å². The van der Waals surface area contributed by atoms with Crippen LogP contribution in [0.4, 0.5) is 0 Å². The number of benzene rings is 1. The lowest BCUT2D eigenvalue weighted by atomic mass is 9.88. The Morgan fingerprint density at radius 1 is 0.941 bits per heavy atom. The van der Waals surface area contributed by atoms with E-state index >= 15 is 0 Å². The predicted octanol–water partition coefficient (Wildman–Crippen LogP) is 4.34. The molecule has 1 heterocycles. The zero-order chi connectivity index (χ0) is 14.1. The first kappa shape index (κ1) is 9.41. The summed E-state index contributed by atoms with van der Waals surface area (Å²) >= 11 is 0. The van der Waals surface area contributed by atoms with Crippen LogP contribution < -0.4 is 0 Å². The second-order valence-electron chi connectivity index (χ2n) is 5.19. The van der Waals surface area contributed by atoms with Crippen molar-refractivity contribution in [3.05, 3.63) is 54.4 Å². The van der Waals surface area contributed by atoms with Crippen molar-refractivity contribution >= 4 is 0 Å². The summed E-state index contributed by atoms with van der Waals surface area (Å²) in [6, 6.07) is 11.6. The fraction of sp³-hybridized carbons (Fsp3) is 0.312. The number of pyridine rings is 1. The van der Waals surface area contributed by atoms with Gasteiger partial charge in [0.1, 0.15) is 0 Å². The van der Waals surface area contributed by atoms with Crippen molar-refractivity contribution in [1.29, 1.82) is 0 Å². The average Bonchev–Trinajstić information content (AvgIpc) is 2.39. The second-order valence-corrected chi connectivity index (χ2v) is 5.19. The lowest BCUT2D eigenvalue weighted by molar-refractivity contribution is 0.411. The van der Waals surface area contributed by atoms with Crippen molar-refractivity contribution in [3.63, 3.8) is 0 Å². The molecular weight excluding hydrogens is 206 g/mol. The third kappa shape index (κ3) is 3.42. The summed E-state index contributed by atoms with van der Waals surface area (Å²) in [5.41, 5.74) is 2.47. The molecule has 0 spiro atoms. The Balaban J connectivity index is 2.35. The van der Waals surface area contributed by atoms with E-state index in [0.29, 0.717) is 0 Å². The maximum Gasteiger partial charge on any atom is 0.0321 e. The standard InChI is InChI=1S/C16H19N/c1-16(2,3)12-13-4-6-14(7-5-13)15-8-10-17-11-9-15/h4-11H,12H2,1-3H3/i12D2. The average molecular weight is 227 g/mol. The molecule has 0 bridgehead atoms. The molecule has 88 valence electrons. The summed E-state index contributed by atoms with van der Waals surface area (Å²) in [7, 11) is 0. The van der Waals surface area contributed by atoms with Crippen molar-refractivity contribution in [2.75, 3.05) is 0 Å². The lowest BCUT2D eigenvalue weighted by Crippen LogP contribution is -2.08. The third-order valence-electron chi connectivity index (χ3n) is 2.42. The molecule has 0 aliphatic carbocycles. The summed E-state index contributed by atoms with van der Waals surface area (Å²) in [6.07, 6.45) is 2.18. The van der Waals surface area contributed by atoms with Crippen LogP contribution in [-0.2, 0) is 6.37 Å². The van der Waals surface area contributed by atoms with Gasteiger partial charge in [-0.3, -0.25) is 4.98 Å². The van der Waals surface area contributed by atoms with E-state index in [1.54, 1.807) is 12.4 Å². The fourth-order valence-electron chi connectivity index (χ4n) is 1.72. The lowest BCUT2D eigenvalue weighted by Gasteiger charge is -2.18. The van der Waals surface area contributed by atoms with Gasteiger partial charge in [0.15, 0.2) is 0 Å². The van der Waals surface area contributed by atoms with Gasteiger partial charge in [-0.25, -0.2) is 0 Å². The molecule has 17 heavy (non-hydrogen) atoms. The highest BCUT2D eigenvalue weighted by Gasteiger charge is 2.10. The van der Waals surface area contributed by atoms with E-state index < -0.39 is 11.8 Å². The monoisotopic (exact) mass is 227 g/mol.